The average molecular weight is 254 g/mol. The SMILES string of the molecule is CC1=C(C)C2(C)CC1(C)C(C=O)C2c1ccccc1. The first-order chi connectivity index (χ1) is 8.95. The minimum Gasteiger partial charge on any atom is -0.303 e. The Labute approximate surface area is 115 Å². The first-order valence-corrected chi connectivity index (χ1v) is 7.14. The molecule has 0 amide bonds. The summed E-state index contributed by atoms with van der Waals surface area (Å²) in [6, 6.07) is 10.6. The zero-order chi connectivity index (χ0) is 13.8. The second kappa shape index (κ2) is 3.82. The predicted molar refractivity (Wildman–Crippen MR) is 77.9 cm³/mol. The normalized spacial score (nSPS) is 40.8. The van der Waals surface area contributed by atoms with Gasteiger partial charge >= 0.3 is 0 Å². The lowest BCUT2D eigenvalue weighted by Gasteiger charge is -2.39. The molecule has 4 unspecified atom stereocenters. The Morgan fingerprint density at radius 2 is 1.63 bits per heavy atom. The van der Waals surface area contributed by atoms with Crippen molar-refractivity contribution < 1.29 is 4.79 Å². The van der Waals surface area contributed by atoms with Crippen LogP contribution < -0.4 is 0 Å². The Bertz CT molecular complexity index is 556. The molecule has 2 aliphatic carbocycles. The highest BCUT2D eigenvalue weighted by Crippen LogP contribution is 2.71. The molecule has 1 aromatic carbocycles. The van der Waals surface area contributed by atoms with Gasteiger partial charge in [0.05, 0.1) is 0 Å². The maximum Gasteiger partial charge on any atom is 0.124 e. The Balaban J connectivity index is 2.19. The minimum absolute atomic E-state index is 0.0566. The van der Waals surface area contributed by atoms with E-state index in [2.05, 4.69) is 52.0 Å². The largest absolute Gasteiger partial charge is 0.303 e. The van der Waals surface area contributed by atoms with Gasteiger partial charge in [0.25, 0.3) is 0 Å². The standard InChI is InChI=1S/C18H22O/c1-12-13(2)18(4)11-17(12,3)15(10-19)16(18)14-8-6-5-7-9-14/h5-10,15-16H,11H2,1-4H3. The van der Waals surface area contributed by atoms with E-state index in [1.165, 1.54) is 23.0 Å². The van der Waals surface area contributed by atoms with Gasteiger partial charge in [-0.3, -0.25) is 0 Å². The number of allylic oxidation sites excluding steroid dienone is 2. The van der Waals surface area contributed by atoms with E-state index in [1.807, 2.05) is 6.07 Å². The lowest BCUT2D eigenvalue weighted by Crippen LogP contribution is -2.33. The van der Waals surface area contributed by atoms with E-state index in [-0.39, 0.29) is 16.7 Å². The summed E-state index contributed by atoms with van der Waals surface area (Å²) in [5.41, 5.74) is 4.46. The molecule has 1 aromatic rings. The zero-order valence-electron chi connectivity index (χ0n) is 12.2. The van der Waals surface area contributed by atoms with Crippen LogP contribution in [-0.4, -0.2) is 6.29 Å². The molecule has 19 heavy (non-hydrogen) atoms. The van der Waals surface area contributed by atoms with Crippen molar-refractivity contribution in [2.75, 3.05) is 0 Å². The van der Waals surface area contributed by atoms with Gasteiger partial charge in [0.1, 0.15) is 6.29 Å². The fraction of sp³-hybridized carbons (Fsp3) is 0.500. The Hall–Kier alpha value is -1.37. The molecule has 1 nitrogen and oxygen atoms in total. The summed E-state index contributed by atoms with van der Waals surface area (Å²) < 4.78 is 0. The van der Waals surface area contributed by atoms with Crippen molar-refractivity contribution in [3.63, 3.8) is 0 Å². The van der Waals surface area contributed by atoms with E-state index in [0.717, 1.165) is 6.42 Å². The highest BCUT2D eigenvalue weighted by Gasteiger charge is 2.63. The summed E-state index contributed by atoms with van der Waals surface area (Å²) in [4.78, 5) is 11.8. The summed E-state index contributed by atoms with van der Waals surface area (Å²) in [7, 11) is 0. The number of carbonyl (C=O) groups excluding carboxylic acids is 1. The van der Waals surface area contributed by atoms with Crippen LogP contribution in [0.3, 0.4) is 0 Å². The van der Waals surface area contributed by atoms with Crippen LogP contribution in [0, 0.1) is 16.7 Å². The van der Waals surface area contributed by atoms with Crippen LogP contribution >= 0.6 is 0 Å². The molecule has 0 spiro atoms. The smallest absolute Gasteiger partial charge is 0.124 e. The molecule has 0 N–H and O–H groups in total. The summed E-state index contributed by atoms with van der Waals surface area (Å²) in [5.74, 6) is 0.448. The fourth-order valence-electron chi connectivity index (χ4n) is 4.82. The molecule has 0 radical (unpaired) electrons. The van der Waals surface area contributed by atoms with Crippen molar-refractivity contribution >= 4 is 6.29 Å². The summed E-state index contributed by atoms with van der Waals surface area (Å²) in [6.07, 6.45) is 2.32. The minimum atomic E-state index is 0.0566. The van der Waals surface area contributed by atoms with Crippen molar-refractivity contribution in [1.82, 2.24) is 0 Å². The van der Waals surface area contributed by atoms with Crippen LogP contribution in [0.25, 0.3) is 0 Å². The van der Waals surface area contributed by atoms with Crippen LogP contribution in [0.1, 0.15) is 45.6 Å². The highest BCUT2D eigenvalue weighted by atomic mass is 16.1. The summed E-state index contributed by atoms with van der Waals surface area (Å²) in [6.45, 7) is 9.10. The maximum atomic E-state index is 11.8. The third-order valence-electron chi connectivity index (χ3n) is 6.10. The molecule has 4 atom stereocenters. The molecule has 1 heteroatoms. The van der Waals surface area contributed by atoms with Crippen molar-refractivity contribution in [2.24, 2.45) is 16.7 Å². The van der Waals surface area contributed by atoms with E-state index >= 15 is 0 Å². The van der Waals surface area contributed by atoms with Gasteiger partial charge < -0.3 is 4.79 Å². The molecule has 2 bridgehead atoms. The maximum absolute atomic E-state index is 11.8. The molecule has 0 aromatic heterocycles. The van der Waals surface area contributed by atoms with Crippen LogP contribution in [0.5, 0.6) is 0 Å². The van der Waals surface area contributed by atoms with E-state index in [4.69, 9.17) is 0 Å². The first-order valence-electron chi connectivity index (χ1n) is 7.14. The van der Waals surface area contributed by atoms with Gasteiger partial charge in [-0.1, -0.05) is 55.3 Å². The molecule has 100 valence electrons. The topological polar surface area (TPSA) is 17.1 Å². The average Bonchev–Trinajstić information content (AvgIpc) is 2.75. The molecule has 2 aliphatic rings. The number of rotatable bonds is 2. The Kier molecular flexibility index (Phi) is 2.54. The Morgan fingerprint density at radius 1 is 1.05 bits per heavy atom. The zero-order valence-corrected chi connectivity index (χ0v) is 12.2. The van der Waals surface area contributed by atoms with Crippen LogP contribution in [-0.2, 0) is 4.79 Å². The van der Waals surface area contributed by atoms with Crippen LogP contribution in [0.15, 0.2) is 41.5 Å². The number of hydrogen-bond donors (Lipinski definition) is 0. The van der Waals surface area contributed by atoms with Crippen molar-refractivity contribution in [1.29, 1.82) is 0 Å². The number of fused-ring (bicyclic) bond motifs is 2. The monoisotopic (exact) mass is 254 g/mol. The van der Waals surface area contributed by atoms with Gasteiger partial charge in [0, 0.05) is 11.8 Å². The molecule has 3 rings (SSSR count). The van der Waals surface area contributed by atoms with Crippen molar-refractivity contribution in [3.05, 3.63) is 47.0 Å². The molecule has 1 saturated carbocycles. The molecular formula is C18H22O. The molecule has 0 saturated heterocycles. The van der Waals surface area contributed by atoms with Crippen molar-refractivity contribution in [2.45, 2.75) is 40.0 Å². The fourth-order valence-corrected chi connectivity index (χ4v) is 4.82. The van der Waals surface area contributed by atoms with Gasteiger partial charge in [-0.05, 0) is 36.7 Å². The van der Waals surface area contributed by atoms with Crippen LogP contribution in [0.2, 0.25) is 0 Å². The van der Waals surface area contributed by atoms with E-state index in [1.54, 1.807) is 0 Å². The van der Waals surface area contributed by atoms with Gasteiger partial charge in [-0.2, -0.15) is 0 Å². The van der Waals surface area contributed by atoms with E-state index < -0.39 is 0 Å². The Morgan fingerprint density at radius 3 is 2.21 bits per heavy atom. The third-order valence-corrected chi connectivity index (χ3v) is 6.10. The number of benzene rings is 1. The number of hydrogen-bond acceptors (Lipinski definition) is 1. The lowest BCUT2D eigenvalue weighted by molar-refractivity contribution is -0.113. The second-order valence-electron chi connectivity index (χ2n) is 6.81. The predicted octanol–water partition coefficient (Wildman–Crippen LogP) is 4.35. The molecule has 1 fully saturated rings. The number of carbonyl (C=O) groups is 1. The number of aldehydes is 1. The van der Waals surface area contributed by atoms with Gasteiger partial charge in [-0.15, -0.1) is 0 Å². The van der Waals surface area contributed by atoms with Crippen LogP contribution in [0.4, 0.5) is 0 Å². The molecule has 0 heterocycles. The third kappa shape index (κ3) is 1.39. The van der Waals surface area contributed by atoms with Gasteiger partial charge in [0.15, 0.2) is 0 Å². The lowest BCUT2D eigenvalue weighted by atomic mass is 9.64. The molecular weight excluding hydrogens is 232 g/mol. The molecule has 0 aliphatic heterocycles. The second-order valence-corrected chi connectivity index (χ2v) is 6.81. The first kappa shape index (κ1) is 12.7. The van der Waals surface area contributed by atoms with E-state index in [0.29, 0.717) is 5.92 Å². The van der Waals surface area contributed by atoms with Gasteiger partial charge in [-0.25, -0.2) is 0 Å². The quantitative estimate of drug-likeness (QED) is 0.566. The summed E-state index contributed by atoms with van der Waals surface area (Å²) in [5, 5.41) is 0. The van der Waals surface area contributed by atoms with Gasteiger partial charge in [0.2, 0.25) is 0 Å². The highest BCUT2D eigenvalue weighted by molar-refractivity contribution is 5.64. The van der Waals surface area contributed by atoms with E-state index in [9.17, 15) is 4.79 Å². The summed E-state index contributed by atoms with van der Waals surface area (Å²) >= 11 is 0. The van der Waals surface area contributed by atoms with Crippen molar-refractivity contribution in [3.8, 4) is 0 Å².